The molecule has 0 aliphatic heterocycles. The van der Waals surface area contributed by atoms with Crippen molar-refractivity contribution in [3.8, 4) is 0 Å². The monoisotopic (exact) mass is 277 g/mol. The van der Waals surface area contributed by atoms with Crippen molar-refractivity contribution < 1.29 is 4.52 Å². The lowest BCUT2D eigenvalue weighted by atomic mass is 9.82. The van der Waals surface area contributed by atoms with Crippen LogP contribution in [0.3, 0.4) is 0 Å². The van der Waals surface area contributed by atoms with E-state index in [1.54, 1.807) is 0 Å². The van der Waals surface area contributed by atoms with E-state index < -0.39 is 0 Å². The maximum absolute atomic E-state index is 5.52. The van der Waals surface area contributed by atoms with Gasteiger partial charge >= 0.3 is 0 Å². The Labute approximate surface area is 121 Å². The van der Waals surface area contributed by atoms with Gasteiger partial charge in [0.15, 0.2) is 5.82 Å². The highest BCUT2D eigenvalue weighted by molar-refractivity contribution is 4.99. The van der Waals surface area contributed by atoms with Gasteiger partial charge in [-0.05, 0) is 38.1 Å². The number of hydrogen-bond donors (Lipinski definition) is 1. The Kier molecular flexibility index (Phi) is 4.71. The molecule has 2 aliphatic rings. The summed E-state index contributed by atoms with van der Waals surface area (Å²) in [4.78, 5) is 4.68. The van der Waals surface area contributed by atoms with E-state index in [4.69, 9.17) is 4.52 Å². The second kappa shape index (κ2) is 6.70. The summed E-state index contributed by atoms with van der Waals surface area (Å²) in [5.41, 5.74) is 0. The van der Waals surface area contributed by atoms with Crippen LogP contribution in [0.5, 0.6) is 0 Å². The molecule has 2 fully saturated rings. The van der Waals surface area contributed by atoms with Crippen molar-refractivity contribution in [2.45, 2.75) is 76.7 Å². The Morgan fingerprint density at radius 2 is 1.85 bits per heavy atom. The van der Waals surface area contributed by atoms with Gasteiger partial charge in [-0.2, -0.15) is 4.98 Å². The molecule has 20 heavy (non-hydrogen) atoms. The molecule has 0 bridgehead atoms. The highest BCUT2D eigenvalue weighted by Crippen LogP contribution is 2.33. The van der Waals surface area contributed by atoms with E-state index in [1.807, 2.05) is 0 Å². The average molecular weight is 277 g/mol. The number of hydrogen-bond acceptors (Lipinski definition) is 4. The summed E-state index contributed by atoms with van der Waals surface area (Å²) >= 11 is 0. The Hall–Kier alpha value is -0.900. The molecule has 0 aromatic carbocycles. The molecule has 0 spiro atoms. The minimum absolute atomic E-state index is 0.559. The van der Waals surface area contributed by atoms with Crippen molar-refractivity contribution >= 4 is 0 Å². The summed E-state index contributed by atoms with van der Waals surface area (Å²) in [6, 6.07) is 0.635. The standard InChI is InChI=1S/C16H27N3O/c1-2-17-14-10-6-5-9-13(14)11-15-18-16(19-20-15)12-7-3-4-8-12/h12-14,17H,2-11H2,1H3. The molecule has 4 heteroatoms. The van der Waals surface area contributed by atoms with Crippen LogP contribution in [0, 0.1) is 5.92 Å². The van der Waals surface area contributed by atoms with Gasteiger partial charge in [-0.1, -0.05) is 37.8 Å². The van der Waals surface area contributed by atoms with E-state index in [0.29, 0.717) is 17.9 Å². The molecule has 1 aromatic heterocycles. The quantitative estimate of drug-likeness (QED) is 0.895. The van der Waals surface area contributed by atoms with Gasteiger partial charge in [-0.15, -0.1) is 0 Å². The summed E-state index contributed by atoms with van der Waals surface area (Å²) in [6.07, 6.45) is 11.4. The zero-order valence-corrected chi connectivity index (χ0v) is 12.6. The maximum Gasteiger partial charge on any atom is 0.226 e. The third kappa shape index (κ3) is 3.22. The first kappa shape index (κ1) is 14.1. The van der Waals surface area contributed by atoms with Gasteiger partial charge < -0.3 is 9.84 Å². The molecule has 2 unspecified atom stereocenters. The summed E-state index contributed by atoms with van der Waals surface area (Å²) in [5.74, 6) is 3.05. The molecular formula is C16H27N3O. The smallest absolute Gasteiger partial charge is 0.226 e. The molecule has 2 atom stereocenters. The molecule has 1 aromatic rings. The van der Waals surface area contributed by atoms with Crippen LogP contribution in [0.1, 0.15) is 75.9 Å². The number of nitrogens with one attached hydrogen (secondary N) is 1. The molecule has 112 valence electrons. The SMILES string of the molecule is CCNC1CCCCC1Cc1nc(C2CCCC2)no1. The first-order valence-electron chi connectivity index (χ1n) is 8.42. The van der Waals surface area contributed by atoms with Crippen LogP contribution in [0.2, 0.25) is 0 Å². The van der Waals surface area contributed by atoms with Crippen LogP contribution < -0.4 is 5.32 Å². The summed E-state index contributed by atoms with van der Waals surface area (Å²) in [5, 5.41) is 7.86. The number of aromatic nitrogens is 2. The summed E-state index contributed by atoms with van der Waals surface area (Å²) < 4.78 is 5.52. The third-order valence-electron chi connectivity index (χ3n) is 5.02. The van der Waals surface area contributed by atoms with Gasteiger partial charge in [0.05, 0.1) is 0 Å². The van der Waals surface area contributed by atoms with Crippen molar-refractivity contribution in [2.75, 3.05) is 6.54 Å². The van der Waals surface area contributed by atoms with Gasteiger partial charge in [0.2, 0.25) is 5.89 Å². The van der Waals surface area contributed by atoms with E-state index in [1.165, 1.54) is 51.4 Å². The van der Waals surface area contributed by atoms with Gasteiger partial charge in [-0.25, -0.2) is 0 Å². The fraction of sp³-hybridized carbons (Fsp3) is 0.875. The first-order chi connectivity index (χ1) is 9.86. The fourth-order valence-corrected chi connectivity index (χ4v) is 3.91. The lowest BCUT2D eigenvalue weighted by molar-refractivity contribution is 0.242. The Morgan fingerprint density at radius 3 is 2.65 bits per heavy atom. The second-order valence-electron chi connectivity index (χ2n) is 6.44. The molecule has 0 radical (unpaired) electrons. The van der Waals surface area contributed by atoms with E-state index in [2.05, 4.69) is 22.4 Å². The zero-order valence-electron chi connectivity index (χ0n) is 12.6. The topological polar surface area (TPSA) is 51.0 Å². The molecule has 2 aliphatic carbocycles. The number of nitrogens with zero attached hydrogens (tertiary/aromatic N) is 2. The maximum atomic E-state index is 5.52. The third-order valence-corrected chi connectivity index (χ3v) is 5.02. The number of rotatable bonds is 5. The van der Waals surface area contributed by atoms with Crippen LogP contribution >= 0.6 is 0 Å². The van der Waals surface area contributed by atoms with Crippen LogP contribution in [0.4, 0.5) is 0 Å². The van der Waals surface area contributed by atoms with Crippen LogP contribution in [0.15, 0.2) is 4.52 Å². The Bertz CT molecular complexity index is 410. The first-order valence-corrected chi connectivity index (χ1v) is 8.42. The van der Waals surface area contributed by atoms with Crippen LogP contribution in [-0.2, 0) is 6.42 Å². The van der Waals surface area contributed by atoms with Crippen molar-refractivity contribution in [3.63, 3.8) is 0 Å². The lowest BCUT2D eigenvalue weighted by Gasteiger charge is -2.31. The zero-order chi connectivity index (χ0) is 13.8. The van der Waals surface area contributed by atoms with E-state index in [9.17, 15) is 0 Å². The highest BCUT2D eigenvalue weighted by atomic mass is 16.5. The van der Waals surface area contributed by atoms with Gasteiger partial charge in [0.1, 0.15) is 0 Å². The van der Waals surface area contributed by atoms with Gasteiger partial charge in [0, 0.05) is 18.4 Å². The van der Waals surface area contributed by atoms with E-state index >= 15 is 0 Å². The van der Waals surface area contributed by atoms with Crippen molar-refractivity contribution in [1.82, 2.24) is 15.5 Å². The Balaban J connectivity index is 1.61. The van der Waals surface area contributed by atoms with Crippen LogP contribution in [-0.4, -0.2) is 22.7 Å². The van der Waals surface area contributed by atoms with E-state index in [-0.39, 0.29) is 0 Å². The molecule has 0 saturated heterocycles. The largest absolute Gasteiger partial charge is 0.339 e. The molecule has 3 rings (SSSR count). The summed E-state index contributed by atoms with van der Waals surface area (Å²) in [7, 11) is 0. The van der Waals surface area contributed by atoms with E-state index in [0.717, 1.165) is 24.7 Å². The summed E-state index contributed by atoms with van der Waals surface area (Å²) in [6.45, 7) is 3.24. The Morgan fingerprint density at radius 1 is 1.10 bits per heavy atom. The lowest BCUT2D eigenvalue weighted by Crippen LogP contribution is -2.39. The predicted octanol–water partition coefficient (Wildman–Crippen LogP) is 3.44. The molecule has 1 N–H and O–H groups in total. The average Bonchev–Trinajstić information content (AvgIpc) is 3.12. The normalized spacial score (nSPS) is 28.1. The van der Waals surface area contributed by atoms with Crippen molar-refractivity contribution in [1.29, 1.82) is 0 Å². The van der Waals surface area contributed by atoms with Crippen molar-refractivity contribution in [3.05, 3.63) is 11.7 Å². The van der Waals surface area contributed by atoms with Crippen molar-refractivity contribution in [2.24, 2.45) is 5.92 Å². The highest BCUT2D eigenvalue weighted by Gasteiger charge is 2.28. The van der Waals surface area contributed by atoms with Gasteiger partial charge in [0.25, 0.3) is 0 Å². The second-order valence-corrected chi connectivity index (χ2v) is 6.44. The minimum Gasteiger partial charge on any atom is -0.339 e. The predicted molar refractivity (Wildman–Crippen MR) is 78.6 cm³/mol. The molecular weight excluding hydrogens is 250 g/mol. The minimum atomic E-state index is 0.559. The molecule has 2 saturated carbocycles. The van der Waals surface area contributed by atoms with Gasteiger partial charge in [-0.3, -0.25) is 0 Å². The fourth-order valence-electron chi connectivity index (χ4n) is 3.91. The molecule has 0 amide bonds. The molecule has 1 heterocycles. The van der Waals surface area contributed by atoms with Crippen LogP contribution in [0.25, 0.3) is 0 Å². The molecule has 4 nitrogen and oxygen atoms in total.